The molecular formula is C15H14BrCl2NO. The van der Waals surface area contributed by atoms with Gasteiger partial charge in [0.2, 0.25) is 0 Å². The molecule has 2 aromatic carbocycles. The SMILES string of the molecule is COCc1c(Br)cccc1NCc1cc(Cl)ccc1Cl. The lowest BCUT2D eigenvalue weighted by Gasteiger charge is -2.14. The lowest BCUT2D eigenvalue weighted by Crippen LogP contribution is -2.04. The maximum absolute atomic E-state index is 6.16. The summed E-state index contributed by atoms with van der Waals surface area (Å²) in [4.78, 5) is 0. The van der Waals surface area contributed by atoms with Gasteiger partial charge in [-0.25, -0.2) is 0 Å². The molecule has 106 valence electrons. The first-order valence-electron chi connectivity index (χ1n) is 6.06. The van der Waals surface area contributed by atoms with E-state index in [2.05, 4.69) is 21.2 Å². The van der Waals surface area contributed by atoms with E-state index < -0.39 is 0 Å². The molecule has 0 aliphatic rings. The van der Waals surface area contributed by atoms with Crippen LogP contribution in [-0.2, 0) is 17.9 Å². The second kappa shape index (κ2) is 7.32. The summed E-state index contributed by atoms with van der Waals surface area (Å²) in [5.74, 6) is 0. The number of hydrogen-bond acceptors (Lipinski definition) is 2. The summed E-state index contributed by atoms with van der Waals surface area (Å²) in [5, 5.41) is 4.75. The Kier molecular flexibility index (Phi) is 5.73. The second-order valence-electron chi connectivity index (χ2n) is 4.29. The first-order chi connectivity index (χ1) is 9.61. The minimum Gasteiger partial charge on any atom is -0.381 e. The predicted octanol–water partition coefficient (Wildman–Crippen LogP) is 5.51. The van der Waals surface area contributed by atoms with Crippen molar-refractivity contribution in [2.45, 2.75) is 13.2 Å². The number of methoxy groups -OCH3 is 1. The predicted molar refractivity (Wildman–Crippen MR) is 88.6 cm³/mol. The molecule has 0 aromatic heterocycles. The Labute approximate surface area is 137 Å². The molecule has 0 aliphatic carbocycles. The Hall–Kier alpha value is -0.740. The van der Waals surface area contributed by atoms with Gasteiger partial charge < -0.3 is 10.1 Å². The Bertz CT molecular complexity index is 604. The summed E-state index contributed by atoms with van der Waals surface area (Å²) in [6.07, 6.45) is 0. The van der Waals surface area contributed by atoms with Crippen LogP contribution in [0.1, 0.15) is 11.1 Å². The first-order valence-corrected chi connectivity index (χ1v) is 7.61. The molecule has 0 atom stereocenters. The average molecular weight is 375 g/mol. The average Bonchev–Trinajstić information content (AvgIpc) is 2.43. The number of benzene rings is 2. The van der Waals surface area contributed by atoms with Crippen LogP contribution >= 0.6 is 39.1 Å². The van der Waals surface area contributed by atoms with Crippen LogP contribution in [0.15, 0.2) is 40.9 Å². The van der Waals surface area contributed by atoms with Crippen LogP contribution in [0, 0.1) is 0 Å². The van der Waals surface area contributed by atoms with Gasteiger partial charge in [-0.2, -0.15) is 0 Å². The fourth-order valence-corrected chi connectivity index (χ4v) is 2.74. The van der Waals surface area contributed by atoms with Gasteiger partial charge in [-0.3, -0.25) is 0 Å². The summed E-state index contributed by atoms with van der Waals surface area (Å²) >= 11 is 15.7. The second-order valence-corrected chi connectivity index (χ2v) is 5.99. The van der Waals surface area contributed by atoms with E-state index in [1.807, 2.05) is 24.3 Å². The monoisotopic (exact) mass is 373 g/mol. The third kappa shape index (κ3) is 3.89. The summed E-state index contributed by atoms with van der Waals surface area (Å²) in [7, 11) is 1.68. The van der Waals surface area contributed by atoms with Gasteiger partial charge >= 0.3 is 0 Å². The van der Waals surface area contributed by atoms with Crippen LogP contribution in [-0.4, -0.2) is 7.11 Å². The number of hydrogen-bond donors (Lipinski definition) is 1. The standard InChI is InChI=1S/C15H14BrCl2NO/c1-20-9-12-13(16)3-2-4-15(12)19-8-10-7-11(17)5-6-14(10)18/h2-7,19H,8-9H2,1H3. The van der Waals surface area contributed by atoms with Gasteiger partial charge in [0.05, 0.1) is 6.61 Å². The lowest BCUT2D eigenvalue weighted by atomic mass is 10.1. The number of rotatable bonds is 5. The minimum atomic E-state index is 0.535. The molecule has 0 saturated carbocycles. The molecule has 2 nitrogen and oxygen atoms in total. The first kappa shape index (κ1) is 15.6. The summed E-state index contributed by atoms with van der Waals surface area (Å²) in [6, 6.07) is 11.4. The number of anilines is 1. The highest BCUT2D eigenvalue weighted by Crippen LogP contribution is 2.27. The Morgan fingerprint density at radius 1 is 1.20 bits per heavy atom. The van der Waals surface area contributed by atoms with Crippen molar-refractivity contribution in [1.82, 2.24) is 0 Å². The molecule has 0 amide bonds. The molecular weight excluding hydrogens is 361 g/mol. The fourth-order valence-electron chi connectivity index (χ4n) is 1.88. The van der Waals surface area contributed by atoms with Gasteiger partial charge in [0, 0.05) is 39.4 Å². The summed E-state index contributed by atoms with van der Waals surface area (Å²) in [5.41, 5.74) is 3.05. The van der Waals surface area contributed by atoms with E-state index in [4.69, 9.17) is 27.9 Å². The van der Waals surface area contributed by atoms with Crippen molar-refractivity contribution in [2.24, 2.45) is 0 Å². The molecule has 2 aromatic rings. The van der Waals surface area contributed by atoms with E-state index in [-0.39, 0.29) is 0 Å². The highest BCUT2D eigenvalue weighted by Gasteiger charge is 2.07. The molecule has 0 heterocycles. The highest BCUT2D eigenvalue weighted by molar-refractivity contribution is 9.10. The largest absolute Gasteiger partial charge is 0.381 e. The Balaban J connectivity index is 2.18. The Morgan fingerprint density at radius 2 is 2.00 bits per heavy atom. The zero-order valence-corrected chi connectivity index (χ0v) is 14.0. The molecule has 0 aliphatic heterocycles. The van der Waals surface area contributed by atoms with Gasteiger partial charge in [-0.1, -0.05) is 45.2 Å². The van der Waals surface area contributed by atoms with Crippen molar-refractivity contribution < 1.29 is 4.74 Å². The fraction of sp³-hybridized carbons (Fsp3) is 0.200. The van der Waals surface area contributed by atoms with E-state index >= 15 is 0 Å². The molecule has 0 fully saturated rings. The lowest BCUT2D eigenvalue weighted by molar-refractivity contribution is 0.185. The molecule has 0 unspecified atom stereocenters. The quantitative estimate of drug-likeness (QED) is 0.744. The zero-order chi connectivity index (χ0) is 14.5. The van der Waals surface area contributed by atoms with Gasteiger partial charge in [0.25, 0.3) is 0 Å². The molecule has 0 spiro atoms. The molecule has 5 heteroatoms. The van der Waals surface area contributed by atoms with Crippen LogP contribution in [0.3, 0.4) is 0 Å². The Morgan fingerprint density at radius 3 is 2.75 bits per heavy atom. The van der Waals surface area contributed by atoms with Gasteiger partial charge in [-0.15, -0.1) is 0 Å². The van der Waals surface area contributed by atoms with Crippen molar-refractivity contribution in [3.05, 3.63) is 62.0 Å². The molecule has 0 bridgehead atoms. The third-order valence-corrected chi connectivity index (χ3v) is 4.23. The van der Waals surface area contributed by atoms with Gasteiger partial charge in [-0.05, 0) is 35.9 Å². The van der Waals surface area contributed by atoms with Crippen molar-refractivity contribution in [3.8, 4) is 0 Å². The molecule has 0 radical (unpaired) electrons. The van der Waals surface area contributed by atoms with Crippen molar-refractivity contribution in [3.63, 3.8) is 0 Å². The van der Waals surface area contributed by atoms with E-state index in [0.29, 0.717) is 23.2 Å². The van der Waals surface area contributed by atoms with E-state index in [1.165, 1.54) is 0 Å². The smallest absolute Gasteiger partial charge is 0.0744 e. The maximum atomic E-state index is 6.16. The third-order valence-electron chi connectivity index (χ3n) is 2.88. The van der Waals surface area contributed by atoms with Crippen LogP contribution in [0.5, 0.6) is 0 Å². The normalized spacial score (nSPS) is 10.6. The van der Waals surface area contributed by atoms with Crippen LogP contribution in [0.25, 0.3) is 0 Å². The summed E-state index contributed by atoms with van der Waals surface area (Å²) in [6.45, 7) is 1.14. The molecule has 20 heavy (non-hydrogen) atoms. The number of halogens is 3. The summed E-state index contributed by atoms with van der Waals surface area (Å²) < 4.78 is 6.24. The van der Waals surface area contributed by atoms with Crippen LogP contribution in [0.4, 0.5) is 5.69 Å². The van der Waals surface area contributed by atoms with Crippen molar-refractivity contribution in [1.29, 1.82) is 0 Å². The van der Waals surface area contributed by atoms with Gasteiger partial charge in [0.1, 0.15) is 0 Å². The maximum Gasteiger partial charge on any atom is 0.0744 e. The number of ether oxygens (including phenoxy) is 1. The van der Waals surface area contributed by atoms with E-state index in [9.17, 15) is 0 Å². The topological polar surface area (TPSA) is 21.3 Å². The van der Waals surface area contributed by atoms with Crippen LogP contribution < -0.4 is 5.32 Å². The highest BCUT2D eigenvalue weighted by atomic mass is 79.9. The van der Waals surface area contributed by atoms with E-state index in [0.717, 1.165) is 21.3 Å². The zero-order valence-electron chi connectivity index (χ0n) is 10.9. The van der Waals surface area contributed by atoms with Crippen LogP contribution in [0.2, 0.25) is 10.0 Å². The van der Waals surface area contributed by atoms with Crippen molar-refractivity contribution >= 4 is 44.8 Å². The minimum absolute atomic E-state index is 0.535. The van der Waals surface area contributed by atoms with E-state index in [1.54, 1.807) is 19.2 Å². The molecule has 0 saturated heterocycles. The van der Waals surface area contributed by atoms with Crippen molar-refractivity contribution in [2.75, 3.05) is 12.4 Å². The molecule has 2 rings (SSSR count). The molecule has 1 N–H and O–H groups in total. The number of nitrogens with one attached hydrogen (secondary N) is 1. The van der Waals surface area contributed by atoms with Gasteiger partial charge in [0.15, 0.2) is 0 Å².